The standard InChI is InChI=1S/C8H13NO4/c1-8(2,3)9-4-5(6(10)11)13-7(9)12/h5H,4H2,1-3H3,(H,10,11). The number of rotatable bonds is 1. The van der Waals surface area contributed by atoms with Crippen LogP contribution in [0.25, 0.3) is 0 Å². The SMILES string of the molecule is CC(C)(C)N1CC(C(=O)O)OC1=O. The van der Waals surface area contributed by atoms with E-state index in [4.69, 9.17) is 5.11 Å². The first-order valence-corrected chi connectivity index (χ1v) is 4.03. The number of nitrogens with zero attached hydrogens (tertiary/aromatic N) is 1. The number of carbonyl (C=O) groups is 2. The lowest BCUT2D eigenvalue weighted by molar-refractivity contribution is -0.144. The van der Waals surface area contributed by atoms with Crippen molar-refractivity contribution < 1.29 is 19.4 Å². The molecule has 5 nitrogen and oxygen atoms in total. The molecule has 1 saturated heterocycles. The average molecular weight is 187 g/mol. The largest absolute Gasteiger partial charge is 0.478 e. The maximum absolute atomic E-state index is 11.2. The van der Waals surface area contributed by atoms with E-state index in [-0.39, 0.29) is 12.1 Å². The number of hydrogen-bond acceptors (Lipinski definition) is 3. The van der Waals surface area contributed by atoms with Gasteiger partial charge in [0, 0.05) is 5.54 Å². The van der Waals surface area contributed by atoms with E-state index < -0.39 is 18.2 Å². The summed E-state index contributed by atoms with van der Waals surface area (Å²) < 4.78 is 4.65. The number of ether oxygens (including phenoxy) is 1. The van der Waals surface area contributed by atoms with E-state index in [0.29, 0.717) is 0 Å². The predicted molar refractivity (Wildman–Crippen MR) is 44.4 cm³/mol. The van der Waals surface area contributed by atoms with Crippen LogP contribution in [0.1, 0.15) is 20.8 Å². The highest BCUT2D eigenvalue weighted by molar-refractivity contribution is 5.81. The summed E-state index contributed by atoms with van der Waals surface area (Å²) in [5.41, 5.74) is -0.388. The molecule has 1 aliphatic heterocycles. The first kappa shape index (κ1) is 9.83. The number of cyclic esters (lactones) is 1. The van der Waals surface area contributed by atoms with Gasteiger partial charge >= 0.3 is 12.1 Å². The molecule has 1 N–H and O–H groups in total. The van der Waals surface area contributed by atoms with Crippen LogP contribution in [-0.2, 0) is 9.53 Å². The van der Waals surface area contributed by atoms with E-state index in [0.717, 1.165) is 0 Å². The fourth-order valence-corrected chi connectivity index (χ4v) is 1.14. The Morgan fingerprint density at radius 3 is 2.38 bits per heavy atom. The first-order chi connectivity index (χ1) is 5.82. The molecule has 0 aliphatic carbocycles. The third-order valence-electron chi connectivity index (χ3n) is 1.90. The fourth-order valence-electron chi connectivity index (χ4n) is 1.14. The quantitative estimate of drug-likeness (QED) is 0.655. The van der Waals surface area contributed by atoms with Crippen LogP contribution in [0.4, 0.5) is 4.79 Å². The Labute approximate surface area is 76.3 Å². The Morgan fingerprint density at radius 1 is 1.62 bits per heavy atom. The molecule has 13 heavy (non-hydrogen) atoms. The molecular weight excluding hydrogens is 174 g/mol. The molecule has 0 aromatic rings. The maximum atomic E-state index is 11.2. The molecule has 1 unspecified atom stereocenters. The minimum absolute atomic E-state index is 0.123. The van der Waals surface area contributed by atoms with Gasteiger partial charge in [-0.25, -0.2) is 9.59 Å². The highest BCUT2D eigenvalue weighted by Gasteiger charge is 2.41. The van der Waals surface area contributed by atoms with Gasteiger partial charge in [-0.1, -0.05) is 0 Å². The van der Waals surface area contributed by atoms with E-state index in [9.17, 15) is 9.59 Å². The fraction of sp³-hybridized carbons (Fsp3) is 0.750. The van der Waals surface area contributed by atoms with Gasteiger partial charge in [-0.05, 0) is 20.8 Å². The van der Waals surface area contributed by atoms with Gasteiger partial charge in [-0.3, -0.25) is 4.90 Å². The van der Waals surface area contributed by atoms with Gasteiger partial charge in [-0.15, -0.1) is 0 Å². The Kier molecular flexibility index (Phi) is 2.19. The number of aliphatic carboxylic acids is 1. The molecule has 74 valence electrons. The van der Waals surface area contributed by atoms with Crippen LogP contribution in [0.3, 0.4) is 0 Å². The van der Waals surface area contributed by atoms with E-state index in [1.54, 1.807) is 0 Å². The molecule has 0 aromatic heterocycles. The van der Waals surface area contributed by atoms with E-state index >= 15 is 0 Å². The molecular formula is C8H13NO4. The van der Waals surface area contributed by atoms with Crippen molar-refractivity contribution in [3.05, 3.63) is 0 Å². The van der Waals surface area contributed by atoms with Gasteiger partial charge in [0.05, 0.1) is 6.54 Å². The summed E-state index contributed by atoms with van der Waals surface area (Å²) in [6.07, 6.45) is -1.58. The molecule has 5 heteroatoms. The van der Waals surface area contributed by atoms with E-state index in [1.165, 1.54) is 4.90 Å². The van der Waals surface area contributed by atoms with Gasteiger partial charge in [0.15, 0.2) is 0 Å². The smallest absolute Gasteiger partial charge is 0.411 e. The molecule has 0 bridgehead atoms. The minimum atomic E-state index is -1.10. The molecule has 1 atom stereocenters. The van der Waals surface area contributed by atoms with Crippen LogP contribution in [-0.4, -0.2) is 40.3 Å². The predicted octanol–water partition coefficient (Wildman–Crippen LogP) is 0.690. The lowest BCUT2D eigenvalue weighted by atomic mass is 10.1. The van der Waals surface area contributed by atoms with Crippen molar-refractivity contribution in [1.82, 2.24) is 4.90 Å². The summed E-state index contributed by atoms with van der Waals surface area (Å²) in [6, 6.07) is 0. The van der Waals surface area contributed by atoms with Gasteiger partial charge in [-0.2, -0.15) is 0 Å². The second-order valence-corrected chi connectivity index (χ2v) is 3.99. The molecule has 1 aliphatic rings. The van der Waals surface area contributed by atoms with Gasteiger partial charge in [0.1, 0.15) is 0 Å². The Morgan fingerprint density at radius 2 is 2.15 bits per heavy atom. The lowest BCUT2D eigenvalue weighted by Gasteiger charge is -2.28. The zero-order chi connectivity index (χ0) is 10.2. The topological polar surface area (TPSA) is 66.8 Å². The number of carboxylic acids is 1. The molecule has 1 fully saturated rings. The number of carboxylic acid groups (broad SMARTS) is 1. The van der Waals surface area contributed by atoms with Crippen LogP contribution in [0, 0.1) is 0 Å². The monoisotopic (exact) mass is 187 g/mol. The lowest BCUT2D eigenvalue weighted by Crippen LogP contribution is -2.42. The Hall–Kier alpha value is -1.26. The average Bonchev–Trinajstić information content (AvgIpc) is 2.29. The summed E-state index contributed by atoms with van der Waals surface area (Å²) in [4.78, 5) is 23.1. The zero-order valence-electron chi connectivity index (χ0n) is 7.90. The molecule has 0 radical (unpaired) electrons. The van der Waals surface area contributed by atoms with Crippen molar-refractivity contribution in [2.75, 3.05) is 6.54 Å². The van der Waals surface area contributed by atoms with Crippen LogP contribution in [0.2, 0.25) is 0 Å². The van der Waals surface area contributed by atoms with E-state index in [1.807, 2.05) is 20.8 Å². The minimum Gasteiger partial charge on any atom is -0.478 e. The van der Waals surface area contributed by atoms with Crippen LogP contribution >= 0.6 is 0 Å². The van der Waals surface area contributed by atoms with Gasteiger partial charge in [0.2, 0.25) is 6.10 Å². The Balaban J connectivity index is 2.73. The van der Waals surface area contributed by atoms with E-state index in [2.05, 4.69) is 4.74 Å². The normalized spacial score (nSPS) is 23.2. The molecule has 0 aromatic carbocycles. The van der Waals surface area contributed by atoms with Crippen molar-refractivity contribution in [2.24, 2.45) is 0 Å². The van der Waals surface area contributed by atoms with Crippen molar-refractivity contribution in [1.29, 1.82) is 0 Å². The third kappa shape index (κ3) is 1.91. The van der Waals surface area contributed by atoms with Crippen LogP contribution in [0.5, 0.6) is 0 Å². The first-order valence-electron chi connectivity index (χ1n) is 4.03. The number of amides is 1. The molecule has 0 spiro atoms. The molecule has 1 rings (SSSR count). The van der Waals surface area contributed by atoms with Crippen LogP contribution in [0.15, 0.2) is 0 Å². The van der Waals surface area contributed by atoms with Crippen LogP contribution < -0.4 is 0 Å². The number of carbonyl (C=O) groups excluding carboxylic acids is 1. The van der Waals surface area contributed by atoms with Crippen molar-refractivity contribution in [3.63, 3.8) is 0 Å². The highest BCUT2D eigenvalue weighted by Crippen LogP contribution is 2.21. The summed E-state index contributed by atoms with van der Waals surface area (Å²) >= 11 is 0. The molecule has 0 saturated carbocycles. The summed E-state index contributed by atoms with van der Waals surface area (Å²) in [6.45, 7) is 5.62. The summed E-state index contributed by atoms with van der Waals surface area (Å²) in [5.74, 6) is -1.10. The number of hydrogen-bond donors (Lipinski definition) is 1. The second-order valence-electron chi connectivity index (χ2n) is 3.99. The summed E-state index contributed by atoms with van der Waals surface area (Å²) in [5, 5.41) is 8.61. The third-order valence-corrected chi connectivity index (χ3v) is 1.90. The highest BCUT2D eigenvalue weighted by atomic mass is 16.6. The van der Waals surface area contributed by atoms with Gasteiger partial charge < -0.3 is 9.84 Å². The maximum Gasteiger partial charge on any atom is 0.411 e. The van der Waals surface area contributed by atoms with Crippen molar-refractivity contribution >= 4 is 12.1 Å². The molecule has 1 heterocycles. The van der Waals surface area contributed by atoms with Crippen molar-refractivity contribution in [2.45, 2.75) is 32.4 Å². The zero-order valence-corrected chi connectivity index (χ0v) is 7.90. The van der Waals surface area contributed by atoms with Crippen molar-refractivity contribution in [3.8, 4) is 0 Å². The van der Waals surface area contributed by atoms with Gasteiger partial charge in [0.25, 0.3) is 0 Å². The second kappa shape index (κ2) is 2.90. The Bertz CT molecular complexity index is 243. The summed E-state index contributed by atoms with van der Waals surface area (Å²) in [7, 11) is 0. The molecule has 1 amide bonds.